The number of likely N-dealkylation sites (tertiary alicyclic amines) is 1. The molecule has 0 radical (unpaired) electrons. The second kappa shape index (κ2) is 6.17. The third kappa shape index (κ3) is 3.43. The van der Waals surface area contributed by atoms with Crippen molar-refractivity contribution in [2.24, 2.45) is 17.6 Å². The highest BCUT2D eigenvalue weighted by atomic mass is 15.2. The second-order valence-electron chi connectivity index (χ2n) is 6.24. The fourth-order valence-electron chi connectivity index (χ4n) is 3.76. The first kappa shape index (κ1) is 13.3. The molecule has 2 atom stereocenters. The Bertz CT molecular complexity index is 222. The van der Waals surface area contributed by atoms with E-state index in [9.17, 15) is 0 Å². The molecule has 2 aliphatic rings. The van der Waals surface area contributed by atoms with Gasteiger partial charge in [-0.15, -0.1) is 0 Å². The average Bonchev–Trinajstić information content (AvgIpc) is 2.77. The van der Waals surface area contributed by atoms with Gasteiger partial charge in [-0.05, 0) is 71.2 Å². The number of rotatable bonds is 4. The molecule has 0 amide bonds. The van der Waals surface area contributed by atoms with Gasteiger partial charge in [-0.25, -0.2) is 0 Å². The maximum absolute atomic E-state index is 5.89. The first-order valence-electron chi connectivity index (χ1n) is 7.29. The van der Waals surface area contributed by atoms with Crippen molar-refractivity contribution < 1.29 is 0 Å². The largest absolute Gasteiger partial charge is 0.330 e. The van der Waals surface area contributed by atoms with Gasteiger partial charge in [0, 0.05) is 12.6 Å². The lowest BCUT2D eigenvalue weighted by Crippen LogP contribution is -2.45. The molecule has 2 fully saturated rings. The van der Waals surface area contributed by atoms with Crippen LogP contribution in [0.5, 0.6) is 0 Å². The van der Waals surface area contributed by atoms with E-state index in [0.717, 1.165) is 24.4 Å². The monoisotopic (exact) mass is 239 g/mol. The van der Waals surface area contributed by atoms with E-state index in [2.05, 4.69) is 23.9 Å². The summed E-state index contributed by atoms with van der Waals surface area (Å²) in [6.07, 6.45) is 6.90. The minimum absolute atomic E-state index is 0.778. The Labute approximate surface area is 106 Å². The molecule has 0 aromatic rings. The van der Waals surface area contributed by atoms with Crippen molar-refractivity contribution in [3.05, 3.63) is 0 Å². The predicted octanol–water partition coefficient (Wildman–Crippen LogP) is 1.39. The van der Waals surface area contributed by atoms with Crippen LogP contribution in [0.15, 0.2) is 0 Å². The van der Waals surface area contributed by atoms with Crippen LogP contribution in [-0.4, -0.2) is 56.1 Å². The molecule has 1 heterocycles. The Kier molecular flexibility index (Phi) is 4.83. The molecule has 2 N–H and O–H groups in total. The number of nitrogens with zero attached hydrogens (tertiary/aromatic N) is 2. The summed E-state index contributed by atoms with van der Waals surface area (Å²) in [5.41, 5.74) is 5.89. The van der Waals surface area contributed by atoms with Crippen molar-refractivity contribution >= 4 is 0 Å². The Hall–Kier alpha value is -0.120. The molecule has 0 aromatic carbocycles. The molecule has 100 valence electrons. The molecular weight excluding hydrogens is 210 g/mol. The average molecular weight is 239 g/mol. The van der Waals surface area contributed by atoms with E-state index in [4.69, 9.17) is 5.73 Å². The van der Waals surface area contributed by atoms with Gasteiger partial charge in [0.1, 0.15) is 0 Å². The van der Waals surface area contributed by atoms with E-state index in [1.54, 1.807) is 0 Å². The van der Waals surface area contributed by atoms with Gasteiger partial charge in [0.25, 0.3) is 0 Å². The van der Waals surface area contributed by atoms with Crippen LogP contribution in [0.3, 0.4) is 0 Å². The van der Waals surface area contributed by atoms with E-state index in [0.29, 0.717) is 0 Å². The summed E-state index contributed by atoms with van der Waals surface area (Å²) in [4.78, 5) is 5.06. The zero-order valence-electron chi connectivity index (χ0n) is 11.6. The zero-order chi connectivity index (χ0) is 12.3. The molecule has 2 unspecified atom stereocenters. The predicted molar refractivity (Wildman–Crippen MR) is 73.0 cm³/mol. The fraction of sp³-hybridized carbons (Fsp3) is 1.00. The van der Waals surface area contributed by atoms with Crippen LogP contribution < -0.4 is 5.73 Å². The van der Waals surface area contributed by atoms with Crippen molar-refractivity contribution in [1.29, 1.82) is 0 Å². The van der Waals surface area contributed by atoms with Crippen molar-refractivity contribution in [1.82, 2.24) is 9.80 Å². The van der Waals surface area contributed by atoms with Crippen LogP contribution in [0.4, 0.5) is 0 Å². The normalized spacial score (nSPS) is 32.5. The molecule has 0 bridgehead atoms. The molecule has 1 saturated heterocycles. The van der Waals surface area contributed by atoms with Crippen LogP contribution in [0.1, 0.15) is 32.1 Å². The van der Waals surface area contributed by atoms with E-state index in [1.807, 2.05) is 0 Å². The van der Waals surface area contributed by atoms with Crippen LogP contribution in [-0.2, 0) is 0 Å². The highest BCUT2D eigenvalue weighted by molar-refractivity contribution is 4.88. The summed E-state index contributed by atoms with van der Waals surface area (Å²) in [5.74, 6) is 1.69. The zero-order valence-corrected chi connectivity index (χ0v) is 11.6. The minimum Gasteiger partial charge on any atom is -0.330 e. The van der Waals surface area contributed by atoms with Gasteiger partial charge in [-0.3, -0.25) is 0 Å². The quantitative estimate of drug-likeness (QED) is 0.804. The summed E-state index contributed by atoms with van der Waals surface area (Å²) < 4.78 is 0. The van der Waals surface area contributed by atoms with E-state index >= 15 is 0 Å². The van der Waals surface area contributed by atoms with Gasteiger partial charge in [0.05, 0.1) is 0 Å². The number of nitrogens with two attached hydrogens (primary N) is 1. The molecule has 0 aromatic heterocycles. The molecule has 2 rings (SSSR count). The van der Waals surface area contributed by atoms with Crippen LogP contribution >= 0.6 is 0 Å². The SMILES string of the molecule is CN(C)CC1CCN(C2CCCC2CN)CC1. The Balaban J connectivity index is 1.78. The lowest BCUT2D eigenvalue weighted by Gasteiger charge is -2.39. The molecule has 17 heavy (non-hydrogen) atoms. The molecule has 3 heteroatoms. The number of hydrogen-bond donors (Lipinski definition) is 1. The number of piperidine rings is 1. The Morgan fingerprint density at radius 2 is 1.82 bits per heavy atom. The van der Waals surface area contributed by atoms with Gasteiger partial charge < -0.3 is 15.5 Å². The summed E-state index contributed by atoms with van der Waals surface area (Å²) in [6, 6.07) is 0.806. The first-order chi connectivity index (χ1) is 8.20. The van der Waals surface area contributed by atoms with Crippen molar-refractivity contribution in [3.63, 3.8) is 0 Å². The number of hydrogen-bond acceptors (Lipinski definition) is 3. The molecule has 0 spiro atoms. The maximum Gasteiger partial charge on any atom is 0.0136 e. The standard InChI is InChI=1S/C14H29N3/c1-16(2)11-12-6-8-17(9-7-12)14-5-3-4-13(14)10-15/h12-14H,3-11,15H2,1-2H3. The third-order valence-electron chi connectivity index (χ3n) is 4.66. The molecule has 1 aliphatic heterocycles. The van der Waals surface area contributed by atoms with Crippen LogP contribution in [0.25, 0.3) is 0 Å². The fourth-order valence-corrected chi connectivity index (χ4v) is 3.76. The molecule has 3 nitrogen and oxygen atoms in total. The van der Waals surface area contributed by atoms with Crippen LogP contribution in [0.2, 0.25) is 0 Å². The van der Waals surface area contributed by atoms with Gasteiger partial charge in [-0.2, -0.15) is 0 Å². The molecule has 1 aliphatic carbocycles. The lowest BCUT2D eigenvalue weighted by atomic mass is 9.93. The van der Waals surface area contributed by atoms with E-state index < -0.39 is 0 Å². The smallest absolute Gasteiger partial charge is 0.0136 e. The summed E-state index contributed by atoms with van der Waals surface area (Å²) in [5, 5.41) is 0. The Morgan fingerprint density at radius 3 is 2.41 bits per heavy atom. The van der Waals surface area contributed by atoms with Crippen molar-refractivity contribution in [3.8, 4) is 0 Å². The lowest BCUT2D eigenvalue weighted by molar-refractivity contribution is 0.101. The maximum atomic E-state index is 5.89. The highest BCUT2D eigenvalue weighted by Gasteiger charge is 2.33. The van der Waals surface area contributed by atoms with Gasteiger partial charge in [0.15, 0.2) is 0 Å². The van der Waals surface area contributed by atoms with Gasteiger partial charge in [0.2, 0.25) is 0 Å². The van der Waals surface area contributed by atoms with Crippen molar-refractivity contribution in [2.45, 2.75) is 38.1 Å². The third-order valence-corrected chi connectivity index (χ3v) is 4.66. The minimum atomic E-state index is 0.778. The highest BCUT2D eigenvalue weighted by Crippen LogP contribution is 2.32. The van der Waals surface area contributed by atoms with Crippen LogP contribution in [0, 0.1) is 11.8 Å². The summed E-state index contributed by atoms with van der Waals surface area (Å²) in [7, 11) is 4.38. The molecular formula is C14H29N3. The molecule has 1 saturated carbocycles. The van der Waals surface area contributed by atoms with Gasteiger partial charge in [-0.1, -0.05) is 6.42 Å². The van der Waals surface area contributed by atoms with Crippen molar-refractivity contribution in [2.75, 3.05) is 40.3 Å². The summed E-state index contributed by atoms with van der Waals surface area (Å²) in [6.45, 7) is 4.76. The second-order valence-corrected chi connectivity index (χ2v) is 6.24. The van der Waals surface area contributed by atoms with E-state index in [1.165, 1.54) is 51.7 Å². The van der Waals surface area contributed by atoms with Gasteiger partial charge >= 0.3 is 0 Å². The first-order valence-corrected chi connectivity index (χ1v) is 7.29. The summed E-state index contributed by atoms with van der Waals surface area (Å²) >= 11 is 0. The van der Waals surface area contributed by atoms with E-state index in [-0.39, 0.29) is 0 Å². The Morgan fingerprint density at radius 1 is 1.12 bits per heavy atom. The topological polar surface area (TPSA) is 32.5 Å².